The average molecular weight is 207 g/mol. The highest BCUT2D eigenvalue weighted by atomic mass is 16.5. The number of amides is 1. The predicted octanol–water partition coefficient (Wildman–Crippen LogP) is 2.82. The molecule has 0 spiro atoms. The molecule has 0 aliphatic rings. The van der Waals surface area contributed by atoms with Gasteiger partial charge in [-0.25, -0.2) is 0 Å². The van der Waals surface area contributed by atoms with Crippen molar-refractivity contribution in [1.29, 1.82) is 0 Å². The fourth-order valence-electron chi connectivity index (χ4n) is 1.24. The van der Waals surface area contributed by atoms with Gasteiger partial charge in [-0.05, 0) is 30.7 Å². The number of hydrogen-bond donors (Lipinski definition) is 1. The molecular weight excluding hydrogens is 190 g/mol. The van der Waals surface area contributed by atoms with E-state index >= 15 is 0 Å². The number of ether oxygens (including phenoxy) is 1. The molecule has 1 aromatic rings. The monoisotopic (exact) mass is 207 g/mol. The van der Waals surface area contributed by atoms with Crippen molar-refractivity contribution >= 4 is 11.6 Å². The van der Waals surface area contributed by atoms with E-state index in [1.807, 2.05) is 24.3 Å². The molecule has 0 radical (unpaired) electrons. The first-order valence-electron chi connectivity index (χ1n) is 5.20. The maximum atomic E-state index is 11.4. The molecule has 3 heteroatoms. The Hall–Kier alpha value is -1.51. The molecule has 0 saturated heterocycles. The Morgan fingerprint density at radius 1 is 1.33 bits per heavy atom. The van der Waals surface area contributed by atoms with Gasteiger partial charge < -0.3 is 10.1 Å². The average Bonchev–Trinajstić information content (AvgIpc) is 2.27. The molecule has 0 saturated carbocycles. The molecule has 0 atom stereocenters. The summed E-state index contributed by atoms with van der Waals surface area (Å²) in [4.78, 5) is 11.4. The molecule has 0 fully saturated rings. The van der Waals surface area contributed by atoms with Gasteiger partial charge in [0.1, 0.15) is 5.75 Å². The van der Waals surface area contributed by atoms with Gasteiger partial charge in [-0.1, -0.05) is 13.3 Å². The molecular formula is C12H17NO2. The van der Waals surface area contributed by atoms with Gasteiger partial charge in [0.15, 0.2) is 0 Å². The van der Waals surface area contributed by atoms with Crippen LogP contribution in [0.25, 0.3) is 0 Å². The Morgan fingerprint density at radius 2 is 2.00 bits per heavy atom. The molecule has 0 unspecified atom stereocenters. The van der Waals surface area contributed by atoms with E-state index < -0.39 is 0 Å². The van der Waals surface area contributed by atoms with Crippen LogP contribution in [-0.2, 0) is 4.79 Å². The van der Waals surface area contributed by atoms with E-state index in [0.717, 1.165) is 24.3 Å². The first-order chi connectivity index (χ1) is 7.26. The zero-order valence-corrected chi connectivity index (χ0v) is 9.25. The number of benzene rings is 1. The highest BCUT2D eigenvalue weighted by Gasteiger charge is 2.01. The zero-order valence-electron chi connectivity index (χ0n) is 9.25. The second-order valence-corrected chi connectivity index (χ2v) is 3.38. The molecule has 0 aliphatic heterocycles. The molecule has 1 rings (SSSR count). The largest absolute Gasteiger partial charge is 0.497 e. The fourth-order valence-corrected chi connectivity index (χ4v) is 1.24. The van der Waals surface area contributed by atoms with Crippen LogP contribution in [0.2, 0.25) is 0 Å². The van der Waals surface area contributed by atoms with Crippen LogP contribution in [0.3, 0.4) is 0 Å². The van der Waals surface area contributed by atoms with Crippen LogP contribution in [-0.4, -0.2) is 13.0 Å². The van der Waals surface area contributed by atoms with Crippen LogP contribution in [0.1, 0.15) is 26.2 Å². The number of anilines is 1. The number of methoxy groups -OCH3 is 1. The lowest BCUT2D eigenvalue weighted by atomic mass is 10.2. The number of rotatable bonds is 5. The van der Waals surface area contributed by atoms with Crippen LogP contribution >= 0.6 is 0 Å². The number of nitrogens with one attached hydrogen (secondary N) is 1. The minimum absolute atomic E-state index is 0.0713. The highest BCUT2D eigenvalue weighted by Crippen LogP contribution is 2.15. The third-order valence-electron chi connectivity index (χ3n) is 2.13. The first-order valence-corrected chi connectivity index (χ1v) is 5.20. The van der Waals surface area contributed by atoms with Crippen molar-refractivity contribution in [3.05, 3.63) is 24.3 Å². The van der Waals surface area contributed by atoms with E-state index in [1.165, 1.54) is 0 Å². The SMILES string of the molecule is CCCCC(=O)Nc1ccc(OC)cc1. The summed E-state index contributed by atoms with van der Waals surface area (Å²) in [6.07, 6.45) is 2.56. The molecule has 0 aromatic heterocycles. The van der Waals surface area contributed by atoms with E-state index in [0.29, 0.717) is 6.42 Å². The van der Waals surface area contributed by atoms with Crippen molar-refractivity contribution in [2.24, 2.45) is 0 Å². The standard InChI is InChI=1S/C12H17NO2/c1-3-4-5-12(14)13-10-6-8-11(15-2)9-7-10/h6-9H,3-5H2,1-2H3,(H,13,14). The summed E-state index contributed by atoms with van der Waals surface area (Å²) in [6.45, 7) is 2.07. The molecule has 0 aliphatic carbocycles. The van der Waals surface area contributed by atoms with Gasteiger partial charge in [-0.15, -0.1) is 0 Å². The van der Waals surface area contributed by atoms with E-state index in [1.54, 1.807) is 7.11 Å². The lowest BCUT2D eigenvalue weighted by Crippen LogP contribution is -2.10. The molecule has 1 amide bonds. The summed E-state index contributed by atoms with van der Waals surface area (Å²) in [7, 11) is 1.62. The van der Waals surface area contributed by atoms with Crippen LogP contribution in [0.15, 0.2) is 24.3 Å². The summed E-state index contributed by atoms with van der Waals surface area (Å²) in [6, 6.07) is 7.33. The quantitative estimate of drug-likeness (QED) is 0.806. The van der Waals surface area contributed by atoms with Gasteiger partial charge in [0.2, 0.25) is 5.91 Å². The third-order valence-corrected chi connectivity index (χ3v) is 2.13. The third kappa shape index (κ3) is 4.02. The van der Waals surface area contributed by atoms with Crippen molar-refractivity contribution in [2.75, 3.05) is 12.4 Å². The summed E-state index contributed by atoms with van der Waals surface area (Å²) in [5, 5.41) is 2.83. The minimum Gasteiger partial charge on any atom is -0.497 e. The van der Waals surface area contributed by atoms with Gasteiger partial charge >= 0.3 is 0 Å². The predicted molar refractivity (Wildman–Crippen MR) is 61.1 cm³/mol. The minimum atomic E-state index is 0.0713. The topological polar surface area (TPSA) is 38.3 Å². The Balaban J connectivity index is 2.46. The Labute approximate surface area is 90.4 Å². The highest BCUT2D eigenvalue weighted by molar-refractivity contribution is 5.90. The number of carbonyl (C=O) groups is 1. The van der Waals surface area contributed by atoms with Gasteiger partial charge in [-0.3, -0.25) is 4.79 Å². The smallest absolute Gasteiger partial charge is 0.224 e. The normalized spacial score (nSPS) is 9.73. The molecule has 0 bridgehead atoms. The van der Waals surface area contributed by atoms with E-state index in [4.69, 9.17) is 4.74 Å². The zero-order chi connectivity index (χ0) is 11.1. The van der Waals surface area contributed by atoms with Gasteiger partial charge in [0, 0.05) is 12.1 Å². The number of carbonyl (C=O) groups excluding carboxylic acids is 1. The number of hydrogen-bond acceptors (Lipinski definition) is 2. The lowest BCUT2D eigenvalue weighted by molar-refractivity contribution is -0.116. The lowest BCUT2D eigenvalue weighted by Gasteiger charge is -2.05. The van der Waals surface area contributed by atoms with Crippen LogP contribution < -0.4 is 10.1 Å². The summed E-state index contributed by atoms with van der Waals surface area (Å²) in [5.74, 6) is 0.864. The fraction of sp³-hybridized carbons (Fsp3) is 0.417. The Kier molecular flexibility index (Phi) is 4.68. The second kappa shape index (κ2) is 6.06. The molecule has 3 nitrogen and oxygen atoms in total. The van der Waals surface area contributed by atoms with Crippen molar-refractivity contribution in [3.63, 3.8) is 0 Å². The van der Waals surface area contributed by atoms with Crippen molar-refractivity contribution in [3.8, 4) is 5.75 Å². The van der Waals surface area contributed by atoms with E-state index in [9.17, 15) is 4.79 Å². The van der Waals surface area contributed by atoms with Gasteiger partial charge in [0.05, 0.1) is 7.11 Å². The molecule has 1 N–H and O–H groups in total. The van der Waals surface area contributed by atoms with Crippen LogP contribution in [0.5, 0.6) is 5.75 Å². The van der Waals surface area contributed by atoms with Crippen LogP contribution in [0, 0.1) is 0 Å². The van der Waals surface area contributed by atoms with Crippen LogP contribution in [0.4, 0.5) is 5.69 Å². The maximum absolute atomic E-state index is 11.4. The summed E-state index contributed by atoms with van der Waals surface area (Å²) < 4.78 is 5.03. The van der Waals surface area contributed by atoms with Crippen molar-refractivity contribution < 1.29 is 9.53 Å². The van der Waals surface area contributed by atoms with E-state index in [2.05, 4.69) is 12.2 Å². The van der Waals surface area contributed by atoms with Gasteiger partial charge in [0.25, 0.3) is 0 Å². The number of unbranched alkanes of at least 4 members (excludes halogenated alkanes) is 1. The second-order valence-electron chi connectivity index (χ2n) is 3.38. The molecule has 15 heavy (non-hydrogen) atoms. The molecule has 0 heterocycles. The summed E-state index contributed by atoms with van der Waals surface area (Å²) in [5.41, 5.74) is 0.817. The molecule has 82 valence electrons. The Bertz CT molecular complexity index is 306. The summed E-state index contributed by atoms with van der Waals surface area (Å²) >= 11 is 0. The first kappa shape index (κ1) is 11.6. The maximum Gasteiger partial charge on any atom is 0.224 e. The molecule has 1 aromatic carbocycles. The van der Waals surface area contributed by atoms with Crippen molar-refractivity contribution in [2.45, 2.75) is 26.2 Å². The Morgan fingerprint density at radius 3 is 2.53 bits per heavy atom. The van der Waals surface area contributed by atoms with Crippen molar-refractivity contribution in [1.82, 2.24) is 0 Å². The van der Waals surface area contributed by atoms with E-state index in [-0.39, 0.29) is 5.91 Å². The van der Waals surface area contributed by atoms with Gasteiger partial charge in [-0.2, -0.15) is 0 Å².